The maximum Gasteiger partial charge on any atom is 0.229 e. The van der Waals surface area contributed by atoms with E-state index >= 15 is 0 Å². The van der Waals surface area contributed by atoms with Gasteiger partial charge in [-0.25, -0.2) is 4.85 Å². The summed E-state index contributed by atoms with van der Waals surface area (Å²) in [5.74, 6) is 1.45. The fourth-order valence-corrected chi connectivity index (χ4v) is 3.73. The van der Waals surface area contributed by atoms with Crippen LogP contribution in [-0.4, -0.2) is 27.9 Å². The first-order chi connectivity index (χ1) is 10.6. The average Bonchev–Trinajstić information content (AvgIpc) is 2.95. The van der Waals surface area contributed by atoms with Gasteiger partial charge in [-0.05, 0) is 18.9 Å². The van der Waals surface area contributed by atoms with Gasteiger partial charge in [0.2, 0.25) is 5.69 Å². The van der Waals surface area contributed by atoms with Crippen molar-refractivity contribution in [3.63, 3.8) is 0 Å². The molecular formula is C15H15BrClN5. The summed E-state index contributed by atoms with van der Waals surface area (Å²) in [6.07, 6.45) is 3.72. The van der Waals surface area contributed by atoms with Gasteiger partial charge in [-0.1, -0.05) is 33.6 Å². The summed E-state index contributed by atoms with van der Waals surface area (Å²) in [5.41, 5.74) is 1.42. The van der Waals surface area contributed by atoms with E-state index in [0.717, 1.165) is 41.9 Å². The van der Waals surface area contributed by atoms with Gasteiger partial charge < -0.3 is 9.47 Å². The summed E-state index contributed by atoms with van der Waals surface area (Å²) in [5, 5.41) is 8.68. The summed E-state index contributed by atoms with van der Waals surface area (Å²) in [6, 6.07) is 3.66. The van der Waals surface area contributed by atoms with Gasteiger partial charge in [0, 0.05) is 35.6 Å². The number of aromatic nitrogens is 3. The molecule has 0 spiro atoms. The van der Waals surface area contributed by atoms with Crippen molar-refractivity contribution in [3.8, 4) is 0 Å². The molecule has 7 heteroatoms. The predicted molar refractivity (Wildman–Crippen MR) is 90.6 cm³/mol. The van der Waals surface area contributed by atoms with Gasteiger partial charge in [-0.2, -0.15) is 0 Å². The van der Waals surface area contributed by atoms with Crippen LogP contribution in [0.15, 0.2) is 22.9 Å². The first-order valence-corrected chi connectivity index (χ1v) is 8.23. The smallest absolute Gasteiger partial charge is 0.229 e. The molecule has 0 atom stereocenters. The van der Waals surface area contributed by atoms with Crippen LogP contribution in [0.4, 0.5) is 11.4 Å². The maximum atomic E-state index is 7.39. The lowest BCUT2D eigenvalue weighted by Crippen LogP contribution is -2.33. The Morgan fingerprint density at radius 2 is 2.09 bits per heavy atom. The fourth-order valence-electron chi connectivity index (χ4n) is 2.96. The van der Waals surface area contributed by atoms with Crippen molar-refractivity contribution in [2.75, 3.05) is 18.0 Å². The molecule has 2 heterocycles. The van der Waals surface area contributed by atoms with E-state index in [4.69, 9.17) is 18.2 Å². The first-order valence-electron chi connectivity index (χ1n) is 7.06. The van der Waals surface area contributed by atoms with Crippen LogP contribution < -0.4 is 4.90 Å². The zero-order chi connectivity index (χ0) is 15.7. The summed E-state index contributed by atoms with van der Waals surface area (Å²) in [7, 11) is 1.98. The topological polar surface area (TPSA) is 38.3 Å². The van der Waals surface area contributed by atoms with Gasteiger partial charge in [0.1, 0.15) is 12.2 Å². The van der Waals surface area contributed by atoms with Gasteiger partial charge in [-0.15, -0.1) is 10.2 Å². The highest BCUT2D eigenvalue weighted by molar-refractivity contribution is 9.10. The summed E-state index contributed by atoms with van der Waals surface area (Å²) < 4.78 is 2.90. The van der Waals surface area contributed by atoms with E-state index < -0.39 is 0 Å². The van der Waals surface area contributed by atoms with E-state index in [1.807, 2.05) is 17.7 Å². The number of halogens is 2. The highest BCUT2D eigenvalue weighted by atomic mass is 79.9. The van der Waals surface area contributed by atoms with Gasteiger partial charge in [-0.3, -0.25) is 0 Å². The zero-order valence-electron chi connectivity index (χ0n) is 12.1. The molecule has 0 radical (unpaired) electrons. The Morgan fingerprint density at radius 1 is 1.36 bits per heavy atom. The first kappa shape index (κ1) is 15.3. The SMILES string of the molecule is [C-]#[N+]c1c(Cl)ccc(Br)c1N1CCC(c2nncn2C)CC1. The molecule has 1 aliphatic heterocycles. The molecule has 0 bridgehead atoms. The number of anilines is 1. The quantitative estimate of drug-likeness (QED) is 0.734. The van der Waals surface area contributed by atoms with Gasteiger partial charge >= 0.3 is 0 Å². The van der Waals surface area contributed by atoms with Crippen LogP contribution in [0.1, 0.15) is 24.6 Å². The highest BCUT2D eigenvalue weighted by Gasteiger charge is 2.26. The van der Waals surface area contributed by atoms with Crippen molar-refractivity contribution >= 4 is 38.9 Å². The Labute approximate surface area is 142 Å². The number of hydrogen-bond donors (Lipinski definition) is 0. The lowest BCUT2D eigenvalue weighted by molar-refractivity contribution is 0.474. The van der Waals surface area contributed by atoms with Crippen LogP contribution >= 0.6 is 27.5 Å². The van der Waals surface area contributed by atoms with Crippen molar-refractivity contribution in [3.05, 3.63) is 45.2 Å². The molecule has 114 valence electrons. The van der Waals surface area contributed by atoms with E-state index in [9.17, 15) is 0 Å². The minimum atomic E-state index is 0.415. The van der Waals surface area contributed by atoms with Crippen LogP contribution in [0.25, 0.3) is 4.85 Å². The molecule has 1 aliphatic rings. The molecule has 22 heavy (non-hydrogen) atoms. The normalized spacial score (nSPS) is 15.8. The number of piperidine rings is 1. The number of rotatable bonds is 2. The van der Waals surface area contributed by atoms with Crippen molar-refractivity contribution in [2.45, 2.75) is 18.8 Å². The van der Waals surface area contributed by atoms with Crippen molar-refractivity contribution in [1.82, 2.24) is 14.8 Å². The Balaban J connectivity index is 1.82. The van der Waals surface area contributed by atoms with E-state index in [0.29, 0.717) is 16.6 Å². The average molecular weight is 381 g/mol. The maximum absolute atomic E-state index is 7.39. The van der Waals surface area contributed by atoms with Crippen LogP contribution in [0.5, 0.6) is 0 Å². The molecule has 1 saturated heterocycles. The summed E-state index contributed by atoms with van der Waals surface area (Å²) in [4.78, 5) is 5.84. The van der Waals surface area contributed by atoms with Crippen molar-refractivity contribution in [1.29, 1.82) is 0 Å². The number of nitrogens with zero attached hydrogens (tertiary/aromatic N) is 5. The molecule has 5 nitrogen and oxygen atoms in total. The highest BCUT2D eigenvalue weighted by Crippen LogP contribution is 2.43. The molecule has 0 N–H and O–H groups in total. The molecule has 0 unspecified atom stereocenters. The van der Waals surface area contributed by atoms with Crippen molar-refractivity contribution in [2.24, 2.45) is 7.05 Å². The molecular weight excluding hydrogens is 366 g/mol. The second-order valence-corrected chi connectivity index (χ2v) is 6.66. The third-order valence-corrected chi connectivity index (χ3v) is 5.03. The van der Waals surface area contributed by atoms with Crippen LogP contribution in [0.2, 0.25) is 5.02 Å². The second kappa shape index (κ2) is 6.27. The molecule has 0 saturated carbocycles. The zero-order valence-corrected chi connectivity index (χ0v) is 14.5. The standard InChI is InChI=1S/C15H15BrClN5/c1-18-13-12(17)4-3-11(16)14(13)22-7-5-10(6-8-22)15-20-19-9-21(15)2/h3-4,9-10H,5-8H2,2H3. The predicted octanol–water partition coefficient (Wildman–Crippen LogP) is 4.17. The molecule has 2 aromatic rings. The Morgan fingerprint density at radius 3 is 2.68 bits per heavy atom. The minimum absolute atomic E-state index is 0.415. The molecule has 1 aromatic carbocycles. The second-order valence-electron chi connectivity index (χ2n) is 5.40. The third kappa shape index (κ3) is 2.71. The molecule has 0 amide bonds. The Hall–Kier alpha value is -1.58. The summed E-state index contributed by atoms with van der Waals surface area (Å²) >= 11 is 9.72. The number of benzene rings is 1. The number of aryl methyl sites for hydroxylation is 1. The minimum Gasteiger partial charge on any atom is -0.379 e. The van der Waals surface area contributed by atoms with E-state index in [-0.39, 0.29) is 0 Å². The third-order valence-electron chi connectivity index (χ3n) is 4.09. The van der Waals surface area contributed by atoms with Gasteiger partial charge in [0.05, 0.1) is 12.3 Å². The number of hydrogen-bond acceptors (Lipinski definition) is 3. The van der Waals surface area contributed by atoms with Crippen LogP contribution in [0.3, 0.4) is 0 Å². The molecule has 3 rings (SSSR count). The molecule has 0 aliphatic carbocycles. The van der Waals surface area contributed by atoms with Crippen LogP contribution in [0, 0.1) is 6.57 Å². The van der Waals surface area contributed by atoms with Gasteiger partial charge in [0.15, 0.2) is 0 Å². The lowest BCUT2D eigenvalue weighted by Gasteiger charge is -2.34. The van der Waals surface area contributed by atoms with E-state index in [2.05, 4.69) is 35.9 Å². The fraction of sp³-hybridized carbons (Fsp3) is 0.400. The monoisotopic (exact) mass is 379 g/mol. The molecule has 1 fully saturated rings. The van der Waals surface area contributed by atoms with Crippen molar-refractivity contribution < 1.29 is 0 Å². The van der Waals surface area contributed by atoms with Gasteiger partial charge in [0.25, 0.3) is 0 Å². The van der Waals surface area contributed by atoms with Crippen LogP contribution in [-0.2, 0) is 7.05 Å². The largest absolute Gasteiger partial charge is 0.379 e. The summed E-state index contributed by atoms with van der Waals surface area (Å²) in [6.45, 7) is 9.14. The Kier molecular flexibility index (Phi) is 4.37. The lowest BCUT2D eigenvalue weighted by atomic mass is 9.95. The van der Waals surface area contributed by atoms with E-state index in [1.54, 1.807) is 12.4 Å². The Bertz CT molecular complexity index is 728. The van der Waals surface area contributed by atoms with E-state index in [1.165, 1.54) is 0 Å². The molecule has 1 aromatic heterocycles.